The highest BCUT2D eigenvalue weighted by Gasteiger charge is 2.04. The van der Waals surface area contributed by atoms with Crippen molar-refractivity contribution in [3.8, 4) is 11.4 Å². The number of hydrogen-bond acceptors (Lipinski definition) is 6. The Bertz CT molecular complexity index is 1000. The van der Waals surface area contributed by atoms with Crippen LogP contribution in [-0.4, -0.2) is 29.9 Å². The predicted octanol–water partition coefficient (Wildman–Crippen LogP) is 7.13. The van der Waals surface area contributed by atoms with E-state index in [9.17, 15) is 0 Å². The van der Waals surface area contributed by atoms with E-state index in [2.05, 4.69) is 45.8 Å². The summed E-state index contributed by atoms with van der Waals surface area (Å²) in [5.74, 6) is 0.482. The van der Waals surface area contributed by atoms with Gasteiger partial charge in [0.05, 0.1) is 0 Å². The van der Waals surface area contributed by atoms with E-state index in [-0.39, 0.29) is 26.4 Å². The van der Waals surface area contributed by atoms with Gasteiger partial charge in [-0.2, -0.15) is 29.9 Å². The first kappa shape index (κ1) is 24.7. The molecule has 0 saturated carbocycles. The van der Waals surface area contributed by atoms with Gasteiger partial charge in [-0.05, 0) is 70.1 Å². The van der Waals surface area contributed by atoms with Crippen LogP contribution in [0.2, 0.25) is 26.4 Å². The summed E-state index contributed by atoms with van der Waals surface area (Å²) in [5, 5.41) is 0.202. The average Bonchev–Trinajstić information content (AvgIpc) is 2.68. The highest BCUT2D eigenvalue weighted by atomic mass is 79.9. The van der Waals surface area contributed by atoms with Crippen molar-refractivity contribution in [3.05, 3.63) is 91.6 Å². The molecule has 0 unspecified atom stereocenters. The highest BCUT2D eigenvalue weighted by molar-refractivity contribution is 9.10. The van der Waals surface area contributed by atoms with Gasteiger partial charge in [0.1, 0.15) is 0 Å². The van der Waals surface area contributed by atoms with Gasteiger partial charge < -0.3 is 0 Å². The van der Waals surface area contributed by atoms with Gasteiger partial charge in [-0.1, -0.05) is 64.5 Å². The average molecular weight is 567 g/mol. The molecule has 0 fully saturated rings. The highest BCUT2D eigenvalue weighted by Crippen LogP contribution is 2.17. The Hall–Kier alpha value is -1.61. The third kappa shape index (κ3) is 9.47. The molecular weight excluding hydrogens is 557 g/mol. The fourth-order valence-electron chi connectivity index (χ4n) is 1.76. The summed E-state index contributed by atoms with van der Waals surface area (Å²) in [7, 11) is 0. The standard InChI is InChI=1S/C9H5Cl2N3.C6H5Br.C3Cl3N3/c10-8-12-7(13-9(11)14-8)6-4-2-1-3-5-6;7-6-4-2-1-3-5-6;4-1-7-2(5)9-3(6)8-1/h1-5H;1-5H;. The second-order valence-electron chi connectivity index (χ2n) is 5.00. The van der Waals surface area contributed by atoms with E-state index >= 15 is 0 Å². The van der Waals surface area contributed by atoms with Crippen LogP contribution in [0.3, 0.4) is 0 Å². The summed E-state index contributed by atoms with van der Waals surface area (Å²) in [6, 6.07) is 19.4. The van der Waals surface area contributed by atoms with Crippen molar-refractivity contribution in [1.29, 1.82) is 0 Å². The molecule has 0 amide bonds. The Kier molecular flexibility index (Phi) is 10.6. The molecule has 12 heteroatoms. The van der Waals surface area contributed by atoms with Crippen LogP contribution in [0.15, 0.2) is 65.1 Å². The smallest absolute Gasteiger partial charge is 0.198 e. The molecule has 0 aliphatic heterocycles. The van der Waals surface area contributed by atoms with Crippen molar-refractivity contribution < 1.29 is 0 Å². The van der Waals surface area contributed by atoms with E-state index in [1.807, 2.05) is 60.7 Å². The predicted molar refractivity (Wildman–Crippen MR) is 124 cm³/mol. The van der Waals surface area contributed by atoms with E-state index < -0.39 is 0 Å². The van der Waals surface area contributed by atoms with Crippen molar-refractivity contribution in [2.24, 2.45) is 0 Å². The Balaban J connectivity index is 0.000000173. The second-order valence-corrected chi connectivity index (χ2v) is 7.61. The molecule has 0 saturated heterocycles. The zero-order valence-corrected chi connectivity index (χ0v) is 20.1. The van der Waals surface area contributed by atoms with E-state index in [4.69, 9.17) is 58.0 Å². The molecule has 6 nitrogen and oxygen atoms in total. The topological polar surface area (TPSA) is 77.3 Å². The maximum absolute atomic E-state index is 5.65. The molecule has 4 rings (SSSR count). The summed E-state index contributed by atoms with van der Waals surface area (Å²) in [6.45, 7) is 0. The zero-order chi connectivity index (χ0) is 21.9. The van der Waals surface area contributed by atoms with E-state index in [1.54, 1.807) is 0 Å². The monoisotopic (exact) mass is 564 g/mol. The SMILES string of the molecule is Brc1ccccc1.Clc1nc(Cl)nc(-c2ccccc2)n1.Clc1nc(Cl)nc(Cl)n1. The lowest BCUT2D eigenvalue weighted by atomic mass is 10.2. The quantitative estimate of drug-likeness (QED) is 0.244. The van der Waals surface area contributed by atoms with Crippen molar-refractivity contribution in [3.63, 3.8) is 0 Å². The molecule has 0 spiro atoms. The van der Waals surface area contributed by atoms with Gasteiger partial charge in [-0.3, -0.25) is 0 Å². The summed E-state index contributed by atoms with van der Waals surface area (Å²) < 4.78 is 1.13. The van der Waals surface area contributed by atoms with Crippen LogP contribution in [-0.2, 0) is 0 Å². The molecule has 154 valence electrons. The minimum absolute atomic E-state index is 0.000000000000000444. The number of halogens is 6. The molecule has 0 bridgehead atoms. The third-order valence-corrected chi connectivity index (χ3v) is 4.27. The van der Waals surface area contributed by atoms with Crippen molar-refractivity contribution >= 4 is 73.9 Å². The molecule has 0 radical (unpaired) electrons. The van der Waals surface area contributed by atoms with E-state index in [0.717, 1.165) is 10.0 Å². The van der Waals surface area contributed by atoms with Crippen LogP contribution in [0, 0.1) is 0 Å². The first-order valence-electron chi connectivity index (χ1n) is 7.89. The molecule has 30 heavy (non-hydrogen) atoms. The van der Waals surface area contributed by atoms with Crippen LogP contribution < -0.4 is 0 Å². The van der Waals surface area contributed by atoms with Crippen LogP contribution >= 0.6 is 73.9 Å². The summed E-state index contributed by atoms with van der Waals surface area (Å²) in [5.41, 5.74) is 0.860. The number of benzene rings is 2. The van der Waals surface area contributed by atoms with Crippen molar-refractivity contribution in [1.82, 2.24) is 29.9 Å². The van der Waals surface area contributed by atoms with E-state index in [1.165, 1.54) is 0 Å². The molecule has 0 atom stereocenters. The molecule has 0 aliphatic carbocycles. The Morgan fingerprint density at radius 3 is 1.13 bits per heavy atom. The van der Waals surface area contributed by atoms with E-state index in [0.29, 0.717) is 5.82 Å². The second kappa shape index (κ2) is 12.9. The third-order valence-electron chi connectivity index (χ3n) is 2.90. The fraction of sp³-hybridized carbons (Fsp3) is 0. The van der Waals surface area contributed by atoms with Gasteiger partial charge in [0.15, 0.2) is 5.82 Å². The molecule has 4 aromatic rings. The molecule has 2 aromatic heterocycles. The molecule has 2 aromatic carbocycles. The van der Waals surface area contributed by atoms with Crippen LogP contribution in [0.25, 0.3) is 11.4 Å². The lowest BCUT2D eigenvalue weighted by Gasteiger charge is -1.99. The van der Waals surface area contributed by atoms with Gasteiger partial charge >= 0.3 is 0 Å². The van der Waals surface area contributed by atoms with Crippen LogP contribution in [0.4, 0.5) is 0 Å². The molecule has 2 heterocycles. The van der Waals surface area contributed by atoms with Gasteiger partial charge in [0.25, 0.3) is 0 Å². The molecular formula is C18H10BrCl5N6. The van der Waals surface area contributed by atoms with Crippen LogP contribution in [0.5, 0.6) is 0 Å². The normalized spacial score (nSPS) is 9.67. The van der Waals surface area contributed by atoms with Gasteiger partial charge in [0.2, 0.25) is 26.4 Å². The van der Waals surface area contributed by atoms with Gasteiger partial charge in [-0.15, -0.1) is 0 Å². The minimum atomic E-state index is 0.000000000000000444. The maximum atomic E-state index is 5.65. The maximum Gasteiger partial charge on any atom is 0.227 e. The first-order valence-corrected chi connectivity index (χ1v) is 10.6. The lowest BCUT2D eigenvalue weighted by molar-refractivity contribution is 1.05. The fourth-order valence-corrected chi connectivity index (χ4v) is 3.04. The van der Waals surface area contributed by atoms with Gasteiger partial charge in [-0.25, -0.2) is 0 Å². The Morgan fingerprint density at radius 2 is 0.800 bits per heavy atom. The summed E-state index contributed by atoms with van der Waals surface area (Å²) >= 11 is 30.6. The number of nitrogens with zero attached hydrogens (tertiary/aromatic N) is 6. The zero-order valence-electron chi connectivity index (χ0n) is 14.7. The molecule has 0 N–H and O–H groups in total. The number of rotatable bonds is 1. The van der Waals surface area contributed by atoms with Crippen LogP contribution in [0.1, 0.15) is 0 Å². The minimum Gasteiger partial charge on any atom is -0.198 e. The summed E-state index contributed by atoms with van der Waals surface area (Å²) in [4.78, 5) is 22.0. The summed E-state index contributed by atoms with van der Waals surface area (Å²) in [6.07, 6.45) is 0. The number of aromatic nitrogens is 6. The molecule has 0 aliphatic rings. The van der Waals surface area contributed by atoms with Gasteiger partial charge in [0, 0.05) is 10.0 Å². The number of hydrogen-bond donors (Lipinski definition) is 0. The first-order chi connectivity index (χ1) is 14.3. The lowest BCUT2D eigenvalue weighted by Crippen LogP contribution is -1.93. The van der Waals surface area contributed by atoms with Crippen molar-refractivity contribution in [2.75, 3.05) is 0 Å². The Labute approximate surface area is 205 Å². The largest absolute Gasteiger partial charge is 0.227 e. The van der Waals surface area contributed by atoms with Crippen molar-refractivity contribution in [2.45, 2.75) is 0 Å². The Morgan fingerprint density at radius 1 is 0.467 bits per heavy atom.